The van der Waals surface area contributed by atoms with Crippen LogP contribution in [0.5, 0.6) is 0 Å². The largest absolute Gasteiger partial charge is 0.300 e. The molecule has 0 bridgehead atoms. The van der Waals surface area contributed by atoms with E-state index in [-0.39, 0.29) is 0 Å². The van der Waals surface area contributed by atoms with Crippen LogP contribution >= 0.6 is 0 Å². The second-order valence-electron chi connectivity index (χ2n) is 4.12. The molecule has 0 aromatic heterocycles. The zero-order valence-corrected chi connectivity index (χ0v) is 8.49. The van der Waals surface area contributed by atoms with Crippen molar-refractivity contribution in [3.05, 3.63) is 23.3 Å². The lowest BCUT2D eigenvalue weighted by molar-refractivity contribution is 0.300. The van der Waals surface area contributed by atoms with E-state index >= 15 is 0 Å². The molecule has 0 radical (unpaired) electrons. The highest BCUT2D eigenvalue weighted by Crippen LogP contribution is 2.29. The highest BCUT2D eigenvalue weighted by atomic mass is 15.1. The molecular formula is C11H16N2. The van der Waals surface area contributed by atoms with Crippen LogP contribution in [0.4, 0.5) is 0 Å². The maximum Gasteiger partial charge on any atom is 0.0934 e. The lowest BCUT2D eigenvalue weighted by Gasteiger charge is -2.21. The maximum absolute atomic E-state index is 4.39. The van der Waals surface area contributed by atoms with E-state index < -0.39 is 0 Å². The summed E-state index contributed by atoms with van der Waals surface area (Å²) in [6.07, 6.45) is 6.46. The molecule has 1 aliphatic carbocycles. The predicted octanol–water partition coefficient (Wildman–Crippen LogP) is 1.65. The number of hydrogen-bond donors (Lipinski definition) is 0. The van der Waals surface area contributed by atoms with Gasteiger partial charge in [-0.05, 0) is 32.0 Å². The Morgan fingerprint density at radius 1 is 1.54 bits per heavy atom. The van der Waals surface area contributed by atoms with Gasteiger partial charge in [-0.3, -0.25) is 9.89 Å². The van der Waals surface area contributed by atoms with Crippen LogP contribution in [0.25, 0.3) is 0 Å². The fourth-order valence-corrected chi connectivity index (χ4v) is 1.38. The quantitative estimate of drug-likeness (QED) is 0.638. The summed E-state index contributed by atoms with van der Waals surface area (Å²) in [5.41, 5.74) is 2.73. The number of nitrogens with zero attached hydrogens (tertiary/aromatic N) is 2. The third-order valence-electron chi connectivity index (χ3n) is 2.65. The van der Waals surface area contributed by atoms with Gasteiger partial charge in [-0.1, -0.05) is 12.2 Å². The Bertz CT molecular complexity index is 297. The van der Waals surface area contributed by atoms with Crippen LogP contribution in [0.15, 0.2) is 28.3 Å². The summed E-state index contributed by atoms with van der Waals surface area (Å²) in [6, 6.07) is 1.04. The minimum Gasteiger partial charge on any atom is -0.300 e. The number of dihydropyridines is 1. The monoisotopic (exact) mass is 176 g/mol. The molecule has 0 aromatic carbocycles. The Balaban J connectivity index is 1.95. The SMILES string of the molecule is CC(C)N(C)CC1=CC2=CC2N=C1. The summed E-state index contributed by atoms with van der Waals surface area (Å²) < 4.78 is 0. The van der Waals surface area contributed by atoms with Gasteiger partial charge in [0.05, 0.1) is 6.04 Å². The van der Waals surface area contributed by atoms with Gasteiger partial charge in [-0.25, -0.2) is 0 Å². The molecule has 2 rings (SSSR count). The zero-order chi connectivity index (χ0) is 9.42. The minimum atomic E-state index is 0.438. The fourth-order valence-electron chi connectivity index (χ4n) is 1.38. The summed E-state index contributed by atoms with van der Waals surface area (Å²) in [4.78, 5) is 6.71. The Morgan fingerprint density at radius 3 is 2.92 bits per heavy atom. The molecule has 0 N–H and O–H groups in total. The lowest BCUT2D eigenvalue weighted by atomic mass is 10.1. The molecule has 1 aliphatic heterocycles. The summed E-state index contributed by atoms with van der Waals surface area (Å²) >= 11 is 0. The van der Waals surface area contributed by atoms with Crippen molar-refractivity contribution in [3.63, 3.8) is 0 Å². The molecule has 1 heterocycles. The number of likely N-dealkylation sites (N-methyl/N-ethyl adjacent to an activating group) is 1. The van der Waals surface area contributed by atoms with Crippen molar-refractivity contribution in [1.29, 1.82) is 0 Å². The zero-order valence-electron chi connectivity index (χ0n) is 8.49. The van der Waals surface area contributed by atoms with Gasteiger partial charge >= 0.3 is 0 Å². The molecule has 0 fully saturated rings. The van der Waals surface area contributed by atoms with E-state index in [4.69, 9.17) is 0 Å². The third kappa shape index (κ3) is 1.89. The van der Waals surface area contributed by atoms with Gasteiger partial charge in [0.2, 0.25) is 0 Å². The van der Waals surface area contributed by atoms with E-state index in [0.717, 1.165) is 6.54 Å². The van der Waals surface area contributed by atoms with E-state index in [0.29, 0.717) is 12.1 Å². The summed E-state index contributed by atoms with van der Waals surface area (Å²) in [7, 11) is 2.15. The van der Waals surface area contributed by atoms with Gasteiger partial charge in [-0.15, -0.1) is 0 Å². The van der Waals surface area contributed by atoms with Crippen LogP contribution in [0.2, 0.25) is 0 Å². The van der Waals surface area contributed by atoms with E-state index in [1.807, 2.05) is 6.21 Å². The smallest absolute Gasteiger partial charge is 0.0934 e. The summed E-state index contributed by atoms with van der Waals surface area (Å²) in [5.74, 6) is 0. The van der Waals surface area contributed by atoms with Crippen LogP contribution in [0.3, 0.4) is 0 Å². The number of hydrogen-bond acceptors (Lipinski definition) is 2. The Kier molecular flexibility index (Phi) is 2.08. The summed E-state index contributed by atoms with van der Waals surface area (Å²) in [5, 5.41) is 0. The molecule has 13 heavy (non-hydrogen) atoms. The Morgan fingerprint density at radius 2 is 2.31 bits per heavy atom. The fraction of sp³-hybridized carbons (Fsp3) is 0.545. The van der Waals surface area contributed by atoms with Crippen LogP contribution in [0.1, 0.15) is 13.8 Å². The first-order valence-corrected chi connectivity index (χ1v) is 4.82. The first-order chi connectivity index (χ1) is 6.16. The van der Waals surface area contributed by atoms with Crippen molar-refractivity contribution in [2.75, 3.05) is 13.6 Å². The highest BCUT2D eigenvalue weighted by Gasteiger charge is 2.24. The molecular weight excluding hydrogens is 160 g/mol. The Labute approximate surface area is 79.7 Å². The topological polar surface area (TPSA) is 15.6 Å². The van der Waals surface area contributed by atoms with Gasteiger partial charge in [-0.2, -0.15) is 0 Å². The number of rotatable bonds is 3. The summed E-state index contributed by atoms with van der Waals surface area (Å²) in [6.45, 7) is 5.42. The molecule has 0 saturated heterocycles. The van der Waals surface area contributed by atoms with Crippen molar-refractivity contribution >= 4 is 6.21 Å². The van der Waals surface area contributed by atoms with E-state index in [1.165, 1.54) is 11.1 Å². The molecule has 0 saturated carbocycles. The molecule has 0 amide bonds. The van der Waals surface area contributed by atoms with Gasteiger partial charge in [0.15, 0.2) is 0 Å². The molecule has 2 aliphatic rings. The molecule has 0 aromatic rings. The number of fused-ring (bicyclic) bond motifs is 1. The van der Waals surface area contributed by atoms with Crippen molar-refractivity contribution in [3.8, 4) is 0 Å². The van der Waals surface area contributed by atoms with Gasteiger partial charge in [0, 0.05) is 18.8 Å². The van der Waals surface area contributed by atoms with Crippen molar-refractivity contribution in [1.82, 2.24) is 4.90 Å². The van der Waals surface area contributed by atoms with Gasteiger partial charge in [0.1, 0.15) is 0 Å². The third-order valence-corrected chi connectivity index (χ3v) is 2.65. The predicted molar refractivity (Wildman–Crippen MR) is 56.2 cm³/mol. The van der Waals surface area contributed by atoms with Crippen LogP contribution < -0.4 is 0 Å². The van der Waals surface area contributed by atoms with Crippen molar-refractivity contribution < 1.29 is 0 Å². The molecule has 1 unspecified atom stereocenters. The van der Waals surface area contributed by atoms with Crippen LogP contribution in [-0.4, -0.2) is 36.8 Å². The van der Waals surface area contributed by atoms with Crippen LogP contribution in [0, 0.1) is 0 Å². The van der Waals surface area contributed by atoms with E-state index in [1.54, 1.807) is 0 Å². The molecule has 2 heteroatoms. The van der Waals surface area contributed by atoms with E-state index in [2.05, 4.69) is 42.9 Å². The highest BCUT2D eigenvalue weighted by molar-refractivity contribution is 5.84. The second-order valence-corrected chi connectivity index (χ2v) is 4.12. The first kappa shape index (κ1) is 8.70. The molecule has 2 nitrogen and oxygen atoms in total. The molecule has 70 valence electrons. The average Bonchev–Trinajstić information content (AvgIpc) is 2.81. The number of aliphatic imine (C=N–C) groups is 1. The average molecular weight is 176 g/mol. The van der Waals surface area contributed by atoms with Gasteiger partial charge < -0.3 is 0 Å². The normalized spacial score (nSPS) is 24.5. The standard InChI is InChI=1S/C11H16N2/c1-8(2)13(3)7-9-4-10-5-11(10)12-6-9/h4-6,8,11H,7H2,1-3H3. The molecule has 0 spiro atoms. The first-order valence-electron chi connectivity index (χ1n) is 4.82. The van der Waals surface area contributed by atoms with Gasteiger partial charge in [0.25, 0.3) is 0 Å². The second kappa shape index (κ2) is 3.11. The maximum atomic E-state index is 4.39. The minimum absolute atomic E-state index is 0.438. The lowest BCUT2D eigenvalue weighted by Crippen LogP contribution is -2.29. The Hall–Kier alpha value is -0.890. The van der Waals surface area contributed by atoms with Crippen LogP contribution in [-0.2, 0) is 0 Å². The van der Waals surface area contributed by atoms with Crippen molar-refractivity contribution in [2.24, 2.45) is 4.99 Å². The van der Waals surface area contributed by atoms with E-state index in [9.17, 15) is 0 Å². The molecule has 1 atom stereocenters. The van der Waals surface area contributed by atoms with Crippen molar-refractivity contribution in [2.45, 2.75) is 25.9 Å².